The molecule has 4 heteroatoms. The van der Waals surface area contributed by atoms with Crippen molar-refractivity contribution < 1.29 is 4.79 Å². The van der Waals surface area contributed by atoms with Crippen molar-refractivity contribution in [2.45, 2.75) is 27.3 Å². The van der Waals surface area contributed by atoms with E-state index < -0.39 is 0 Å². The maximum atomic E-state index is 12.1. The van der Waals surface area contributed by atoms with Crippen LogP contribution in [0.1, 0.15) is 25.0 Å². The predicted molar refractivity (Wildman–Crippen MR) is 76.1 cm³/mol. The number of carbonyl (C=O) groups is 1. The summed E-state index contributed by atoms with van der Waals surface area (Å²) in [6, 6.07) is 7.76. The highest BCUT2D eigenvalue weighted by atomic mass is 16.2. The van der Waals surface area contributed by atoms with Gasteiger partial charge in [0.25, 0.3) is 5.56 Å². The van der Waals surface area contributed by atoms with Crippen molar-refractivity contribution in [3.8, 4) is 0 Å². The summed E-state index contributed by atoms with van der Waals surface area (Å²) >= 11 is 0. The Labute approximate surface area is 112 Å². The molecule has 0 unspecified atom stereocenters. The van der Waals surface area contributed by atoms with Crippen molar-refractivity contribution in [1.29, 1.82) is 0 Å². The zero-order chi connectivity index (χ0) is 14.0. The second-order valence-electron chi connectivity index (χ2n) is 4.70. The van der Waals surface area contributed by atoms with Gasteiger partial charge in [0.1, 0.15) is 0 Å². The first-order chi connectivity index (χ1) is 9.02. The lowest BCUT2D eigenvalue weighted by atomic mass is 10.1. The Bertz CT molecular complexity index is 673. The molecule has 0 aliphatic heterocycles. The molecule has 2 aromatic rings. The van der Waals surface area contributed by atoms with Crippen LogP contribution in [0.2, 0.25) is 0 Å². The predicted octanol–water partition coefficient (Wildman–Crippen LogP) is 2.20. The lowest BCUT2D eigenvalue weighted by molar-refractivity contribution is -0.129. The van der Waals surface area contributed by atoms with E-state index in [0.717, 1.165) is 16.5 Å². The van der Waals surface area contributed by atoms with Gasteiger partial charge in [0.05, 0.1) is 12.1 Å². The Morgan fingerprint density at radius 1 is 1.37 bits per heavy atom. The molecule has 0 atom stereocenters. The number of benzene rings is 1. The number of hydrogen-bond acceptors (Lipinski definition) is 2. The smallest absolute Gasteiger partial charge is 0.253 e. The average molecular weight is 258 g/mol. The van der Waals surface area contributed by atoms with E-state index in [-0.39, 0.29) is 11.5 Å². The molecular formula is C15H18N2O2. The Morgan fingerprint density at radius 3 is 2.74 bits per heavy atom. The topological polar surface area (TPSA) is 53.2 Å². The van der Waals surface area contributed by atoms with E-state index in [9.17, 15) is 9.59 Å². The van der Waals surface area contributed by atoms with Gasteiger partial charge in [-0.15, -0.1) is 0 Å². The van der Waals surface area contributed by atoms with Gasteiger partial charge in [-0.1, -0.05) is 18.2 Å². The molecular weight excluding hydrogens is 240 g/mol. The third-order valence-corrected chi connectivity index (χ3v) is 3.35. The number of nitrogens with one attached hydrogen (secondary N) is 1. The van der Waals surface area contributed by atoms with Gasteiger partial charge in [0, 0.05) is 19.0 Å². The van der Waals surface area contributed by atoms with E-state index >= 15 is 0 Å². The van der Waals surface area contributed by atoms with Crippen LogP contribution < -0.4 is 5.56 Å². The monoisotopic (exact) mass is 258 g/mol. The van der Waals surface area contributed by atoms with Gasteiger partial charge in [-0.3, -0.25) is 9.59 Å². The molecule has 0 aliphatic rings. The van der Waals surface area contributed by atoms with Crippen molar-refractivity contribution in [1.82, 2.24) is 9.88 Å². The van der Waals surface area contributed by atoms with E-state index in [1.807, 2.05) is 38.1 Å². The van der Waals surface area contributed by atoms with Crippen molar-refractivity contribution in [2.75, 3.05) is 6.54 Å². The van der Waals surface area contributed by atoms with Crippen LogP contribution in [0.5, 0.6) is 0 Å². The van der Waals surface area contributed by atoms with Gasteiger partial charge in [-0.05, 0) is 30.9 Å². The summed E-state index contributed by atoms with van der Waals surface area (Å²) < 4.78 is 0. The fourth-order valence-electron chi connectivity index (χ4n) is 2.20. The number of rotatable bonds is 3. The minimum absolute atomic E-state index is 0.0220. The molecule has 0 saturated carbocycles. The number of amides is 1. The third kappa shape index (κ3) is 2.67. The highest BCUT2D eigenvalue weighted by Crippen LogP contribution is 2.15. The fraction of sp³-hybridized carbons (Fsp3) is 0.333. The van der Waals surface area contributed by atoms with Crippen LogP contribution in [0.15, 0.2) is 29.1 Å². The molecule has 0 radical (unpaired) electrons. The molecule has 100 valence electrons. The van der Waals surface area contributed by atoms with E-state index in [4.69, 9.17) is 0 Å². The molecule has 19 heavy (non-hydrogen) atoms. The average Bonchev–Trinajstić information content (AvgIpc) is 2.37. The van der Waals surface area contributed by atoms with E-state index in [1.165, 1.54) is 6.92 Å². The number of hydrogen-bond donors (Lipinski definition) is 1. The first-order valence-electron chi connectivity index (χ1n) is 6.40. The Hall–Kier alpha value is -2.10. The SMILES string of the molecule is CCN(Cc1cc2cccc(C)c2[nH]c1=O)C(C)=O. The molecule has 0 aliphatic carbocycles. The Balaban J connectivity index is 2.48. The zero-order valence-corrected chi connectivity index (χ0v) is 11.5. The Morgan fingerprint density at radius 2 is 2.11 bits per heavy atom. The Kier molecular flexibility index (Phi) is 3.69. The summed E-state index contributed by atoms with van der Waals surface area (Å²) in [7, 11) is 0. The van der Waals surface area contributed by atoms with Crippen molar-refractivity contribution in [3.63, 3.8) is 0 Å². The van der Waals surface area contributed by atoms with Gasteiger partial charge in [0.2, 0.25) is 5.91 Å². The maximum Gasteiger partial charge on any atom is 0.253 e. The molecule has 1 aromatic carbocycles. The van der Waals surface area contributed by atoms with Gasteiger partial charge in [-0.2, -0.15) is 0 Å². The maximum absolute atomic E-state index is 12.1. The lowest BCUT2D eigenvalue weighted by Gasteiger charge is -2.18. The van der Waals surface area contributed by atoms with Crippen LogP contribution in [0, 0.1) is 6.92 Å². The highest BCUT2D eigenvalue weighted by molar-refractivity contribution is 5.82. The largest absolute Gasteiger partial charge is 0.339 e. The summed E-state index contributed by atoms with van der Waals surface area (Å²) in [5.74, 6) is -0.0220. The molecule has 1 amide bonds. The van der Waals surface area contributed by atoms with Crippen molar-refractivity contribution >= 4 is 16.8 Å². The normalized spacial score (nSPS) is 10.7. The highest BCUT2D eigenvalue weighted by Gasteiger charge is 2.11. The quantitative estimate of drug-likeness (QED) is 0.917. The molecule has 1 heterocycles. The van der Waals surface area contributed by atoms with Gasteiger partial charge in [0.15, 0.2) is 0 Å². The molecule has 4 nitrogen and oxygen atoms in total. The second-order valence-corrected chi connectivity index (χ2v) is 4.70. The van der Waals surface area contributed by atoms with Crippen LogP contribution in [0.3, 0.4) is 0 Å². The molecule has 0 saturated heterocycles. The zero-order valence-electron chi connectivity index (χ0n) is 11.5. The number of fused-ring (bicyclic) bond motifs is 1. The number of aryl methyl sites for hydroxylation is 1. The summed E-state index contributed by atoms with van der Waals surface area (Å²) in [6.07, 6.45) is 0. The first-order valence-corrected chi connectivity index (χ1v) is 6.40. The number of pyridine rings is 1. The molecule has 0 spiro atoms. The molecule has 2 rings (SSSR count). The molecule has 0 fully saturated rings. The fourth-order valence-corrected chi connectivity index (χ4v) is 2.20. The number of para-hydroxylation sites is 1. The van der Waals surface area contributed by atoms with Gasteiger partial charge >= 0.3 is 0 Å². The third-order valence-electron chi connectivity index (χ3n) is 3.35. The summed E-state index contributed by atoms with van der Waals surface area (Å²) in [5, 5.41) is 0.995. The minimum atomic E-state index is -0.124. The number of H-pyrrole nitrogens is 1. The molecule has 0 bridgehead atoms. The standard InChI is InChI=1S/C15H18N2O2/c1-4-17(11(3)18)9-13-8-12-7-5-6-10(2)14(12)16-15(13)19/h5-8H,4,9H2,1-3H3,(H,16,19). The van der Waals surface area contributed by atoms with Crippen molar-refractivity contribution in [3.05, 3.63) is 45.7 Å². The number of aromatic amines is 1. The number of carbonyl (C=O) groups excluding carboxylic acids is 1. The van der Waals surface area contributed by atoms with Crippen LogP contribution in [0.25, 0.3) is 10.9 Å². The van der Waals surface area contributed by atoms with Gasteiger partial charge < -0.3 is 9.88 Å². The minimum Gasteiger partial charge on any atom is -0.339 e. The van der Waals surface area contributed by atoms with E-state index in [2.05, 4.69) is 4.98 Å². The summed E-state index contributed by atoms with van der Waals surface area (Å²) in [4.78, 5) is 28.0. The van der Waals surface area contributed by atoms with Gasteiger partial charge in [-0.25, -0.2) is 0 Å². The number of aromatic nitrogens is 1. The second kappa shape index (κ2) is 5.26. The van der Waals surface area contributed by atoms with Crippen molar-refractivity contribution in [2.24, 2.45) is 0 Å². The first kappa shape index (κ1) is 13.3. The van der Waals surface area contributed by atoms with Crippen LogP contribution in [-0.4, -0.2) is 22.3 Å². The number of nitrogens with zero attached hydrogens (tertiary/aromatic N) is 1. The molecule has 1 N–H and O–H groups in total. The lowest BCUT2D eigenvalue weighted by Crippen LogP contribution is -2.30. The van der Waals surface area contributed by atoms with E-state index in [1.54, 1.807) is 4.90 Å². The summed E-state index contributed by atoms with van der Waals surface area (Å²) in [5.41, 5.74) is 2.40. The summed E-state index contributed by atoms with van der Waals surface area (Å²) in [6.45, 7) is 6.33. The van der Waals surface area contributed by atoms with Crippen LogP contribution in [0.4, 0.5) is 0 Å². The molecule has 1 aromatic heterocycles. The van der Waals surface area contributed by atoms with Crippen LogP contribution in [-0.2, 0) is 11.3 Å². The van der Waals surface area contributed by atoms with E-state index in [0.29, 0.717) is 18.7 Å². The van der Waals surface area contributed by atoms with Crippen LogP contribution >= 0.6 is 0 Å².